The maximum atomic E-state index is 12.0. The molecule has 0 saturated heterocycles. The average molecular weight is 257 g/mol. The van der Waals surface area contributed by atoms with Crippen LogP contribution in [-0.4, -0.2) is 32.7 Å². The van der Waals surface area contributed by atoms with E-state index in [-0.39, 0.29) is 11.9 Å². The number of carbonyl (C=O) groups is 1. The smallest absolute Gasteiger partial charge is 0.253 e. The molecule has 1 aromatic rings. The standard InChI is InChI=1S/C12H17ClN2O2/c1-8(7-17-3)15-12(16)10-6-9(13)4-5-11(10)14-2/h4-6,8,14H,7H2,1-3H3,(H,15,16). The third-order valence-electron chi connectivity index (χ3n) is 2.29. The first-order valence-electron chi connectivity index (χ1n) is 5.35. The van der Waals surface area contributed by atoms with Crippen molar-refractivity contribution in [3.63, 3.8) is 0 Å². The molecule has 0 aliphatic heterocycles. The van der Waals surface area contributed by atoms with Crippen molar-refractivity contribution in [1.29, 1.82) is 0 Å². The van der Waals surface area contributed by atoms with Gasteiger partial charge >= 0.3 is 0 Å². The molecule has 0 aliphatic carbocycles. The molecule has 0 aliphatic rings. The van der Waals surface area contributed by atoms with Crippen molar-refractivity contribution < 1.29 is 9.53 Å². The number of anilines is 1. The molecular weight excluding hydrogens is 240 g/mol. The maximum absolute atomic E-state index is 12.0. The fraction of sp³-hybridized carbons (Fsp3) is 0.417. The molecule has 1 rings (SSSR count). The first-order chi connectivity index (χ1) is 8.08. The fourth-order valence-corrected chi connectivity index (χ4v) is 1.69. The van der Waals surface area contributed by atoms with Crippen LogP contribution in [0.15, 0.2) is 18.2 Å². The molecule has 2 N–H and O–H groups in total. The summed E-state index contributed by atoms with van der Waals surface area (Å²) in [7, 11) is 3.36. The highest BCUT2D eigenvalue weighted by atomic mass is 35.5. The number of hydrogen-bond donors (Lipinski definition) is 2. The van der Waals surface area contributed by atoms with E-state index in [1.165, 1.54) is 0 Å². The van der Waals surface area contributed by atoms with Gasteiger partial charge < -0.3 is 15.4 Å². The number of rotatable bonds is 5. The predicted molar refractivity (Wildman–Crippen MR) is 69.8 cm³/mol. The van der Waals surface area contributed by atoms with Crippen LogP contribution in [0, 0.1) is 0 Å². The Morgan fingerprint density at radius 3 is 2.82 bits per heavy atom. The van der Waals surface area contributed by atoms with E-state index >= 15 is 0 Å². The third-order valence-corrected chi connectivity index (χ3v) is 2.52. The summed E-state index contributed by atoms with van der Waals surface area (Å²) in [5.74, 6) is -0.165. The molecule has 0 bridgehead atoms. The van der Waals surface area contributed by atoms with Crippen molar-refractivity contribution in [3.05, 3.63) is 28.8 Å². The molecule has 5 heteroatoms. The number of benzene rings is 1. The second-order valence-corrected chi connectivity index (χ2v) is 4.21. The van der Waals surface area contributed by atoms with E-state index in [2.05, 4.69) is 10.6 Å². The van der Waals surface area contributed by atoms with Gasteiger partial charge in [-0.2, -0.15) is 0 Å². The minimum atomic E-state index is -0.165. The van der Waals surface area contributed by atoms with E-state index in [0.29, 0.717) is 17.2 Å². The summed E-state index contributed by atoms with van der Waals surface area (Å²) in [5.41, 5.74) is 1.28. The molecule has 0 spiro atoms. The largest absolute Gasteiger partial charge is 0.387 e. The van der Waals surface area contributed by atoms with Crippen LogP contribution in [0.5, 0.6) is 0 Å². The molecule has 0 aromatic heterocycles. The lowest BCUT2D eigenvalue weighted by Crippen LogP contribution is -2.35. The Bertz CT molecular complexity index is 396. The van der Waals surface area contributed by atoms with Gasteiger partial charge in [0.1, 0.15) is 0 Å². The summed E-state index contributed by atoms with van der Waals surface area (Å²) in [5, 5.41) is 6.33. The Morgan fingerprint density at radius 2 is 2.24 bits per heavy atom. The topological polar surface area (TPSA) is 50.4 Å². The fourth-order valence-electron chi connectivity index (χ4n) is 1.52. The number of nitrogens with one attached hydrogen (secondary N) is 2. The zero-order valence-corrected chi connectivity index (χ0v) is 11.0. The normalized spacial score (nSPS) is 12.0. The zero-order chi connectivity index (χ0) is 12.8. The predicted octanol–water partition coefficient (Wildman–Crippen LogP) is 2.15. The van der Waals surface area contributed by atoms with E-state index < -0.39 is 0 Å². The Morgan fingerprint density at radius 1 is 1.53 bits per heavy atom. The van der Waals surface area contributed by atoms with Crippen molar-refractivity contribution in [3.8, 4) is 0 Å². The van der Waals surface area contributed by atoms with Crippen LogP contribution in [0.2, 0.25) is 5.02 Å². The highest BCUT2D eigenvalue weighted by molar-refractivity contribution is 6.31. The van der Waals surface area contributed by atoms with E-state index in [0.717, 1.165) is 5.69 Å². The molecule has 1 amide bonds. The molecular formula is C12H17ClN2O2. The van der Waals surface area contributed by atoms with Crippen LogP contribution in [0.4, 0.5) is 5.69 Å². The highest BCUT2D eigenvalue weighted by Gasteiger charge is 2.13. The number of carbonyl (C=O) groups excluding carboxylic acids is 1. The SMILES string of the molecule is CNc1ccc(Cl)cc1C(=O)NC(C)COC. The lowest BCUT2D eigenvalue weighted by atomic mass is 10.1. The second kappa shape index (κ2) is 6.47. The molecule has 0 saturated carbocycles. The van der Waals surface area contributed by atoms with Gasteiger partial charge in [0, 0.05) is 30.9 Å². The molecule has 1 aromatic carbocycles. The molecule has 1 atom stereocenters. The Balaban J connectivity index is 2.83. The van der Waals surface area contributed by atoms with Crippen LogP contribution in [0.3, 0.4) is 0 Å². The van der Waals surface area contributed by atoms with Gasteiger partial charge in [0.25, 0.3) is 5.91 Å². The van der Waals surface area contributed by atoms with Crippen LogP contribution < -0.4 is 10.6 Å². The summed E-state index contributed by atoms with van der Waals surface area (Å²) in [6, 6.07) is 5.11. The van der Waals surface area contributed by atoms with Gasteiger partial charge in [-0.05, 0) is 25.1 Å². The Labute approximate surface area is 106 Å². The first-order valence-corrected chi connectivity index (χ1v) is 5.73. The van der Waals surface area contributed by atoms with Crippen molar-refractivity contribution in [2.24, 2.45) is 0 Å². The Hall–Kier alpha value is -1.26. The quantitative estimate of drug-likeness (QED) is 0.849. The van der Waals surface area contributed by atoms with E-state index in [1.807, 2.05) is 6.92 Å². The molecule has 0 radical (unpaired) electrons. The summed E-state index contributed by atoms with van der Waals surface area (Å²) < 4.78 is 4.96. The van der Waals surface area contributed by atoms with E-state index in [4.69, 9.17) is 16.3 Å². The minimum Gasteiger partial charge on any atom is -0.387 e. The number of hydrogen-bond acceptors (Lipinski definition) is 3. The monoisotopic (exact) mass is 256 g/mol. The van der Waals surface area contributed by atoms with Gasteiger partial charge in [0.15, 0.2) is 0 Å². The summed E-state index contributed by atoms with van der Waals surface area (Å²) >= 11 is 5.88. The number of halogens is 1. The number of methoxy groups -OCH3 is 1. The molecule has 0 heterocycles. The zero-order valence-electron chi connectivity index (χ0n) is 10.2. The van der Waals surface area contributed by atoms with Crippen molar-refractivity contribution in [1.82, 2.24) is 5.32 Å². The summed E-state index contributed by atoms with van der Waals surface area (Å²) in [6.07, 6.45) is 0. The van der Waals surface area contributed by atoms with Crippen molar-refractivity contribution >= 4 is 23.2 Å². The lowest BCUT2D eigenvalue weighted by Gasteiger charge is -2.15. The van der Waals surface area contributed by atoms with Gasteiger partial charge in [-0.25, -0.2) is 0 Å². The van der Waals surface area contributed by atoms with Gasteiger partial charge in [-0.1, -0.05) is 11.6 Å². The van der Waals surface area contributed by atoms with E-state index in [9.17, 15) is 4.79 Å². The van der Waals surface area contributed by atoms with Crippen LogP contribution in [-0.2, 0) is 4.74 Å². The Kier molecular flexibility index (Phi) is 5.25. The van der Waals surface area contributed by atoms with Gasteiger partial charge in [0.05, 0.1) is 12.2 Å². The van der Waals surface area contributed by atoms with Crippen molar-refractivity contribution in [2.75, 3.05) is 26.1 Å². The molecule has 1 unspecified atom stereocenters. The first kappa shape index (κ1) is 13.8. The van der Waals surface area contributed by atoms with Crippen LogP contribution >= 0.6 is 11.6 Å². The van der Waals surface area contributed by atoms with E-state index in [1.54, 1.807) is 32.4 Å². The molecule has 17 heavy (non-hydrogen) atoms. The van der Waals surface area contributed by atoms with Gasteiger partial charge in [0.2, 0.25) is 0 Å². The highest BCUT2D eigenvalue weighted by Crippen LogP contribution is 2.20. The summed E-state index contributed by atoms with van der Waals surface area (Å²) in [6.45, 7) is 2.35. The maximum Gasteiger partial charge on any atom is 0.253 e. The molecule has 4 nitrogen and oxygen atoms in total. The summed E-state index contributed by atoms with van der Waals surface area (Å²) in [4.78, 5) is 12.0. The van der Waals surface area contributed by atoms with Gasteiger partial charge in [-0.15, -0.1) is 0 Å². The van der Waals surface area contributed by atoms with Crippen LogP contribution in [0.25, 0.3) is 0 Å². The molecule has 94 valence electrons. The third kappa shape index (κ3) is 3.91. The van der Waals surface area contributed by atoms with Gasteiger partial charge in [-0.3, -0.25) is 4.79 Å². The average Bonchev–Trinajstić information content (AvgIpc) is 2.29. The minimum absolute atomic E-state index is 0.0452. The van der Waals surface area contributed by atoms with Crippen LogP contribution in [0.1, 0.15) is 17.3 Å². The molecule has 0 fully saturated rings. The number of amides is 1. The lowest BCUT2D eigenvalue weighted by molar-refractivity contribution is 0.0906. The number of ether oxygens (including phenoxy) is 1. The van der Waals surface area contributed by atoms with Crippen molar-refractivity contribution in [2.45, 2.75) is 13.0 Å². The second-order valence-electron chi connectivity index (χ2n) is 3.77.